The molecule has 0 fully saturated rings. The normalized spacial score (nSPS) is 11.4. The Bertz CT molecular complexity index is 206. The molecule has 0 spiro atoms. The summed E-state index contributed by atoms with van der Waals surface area (Å²) in [6, 6.07) is 0. The zero-order chi connectivity index (χ0) is 9.45. The molecule has 0 aliphatic carbocycles. The third kappa shape index (κ3) is 6.37. The second kappa shape index (κ2) is 6.20. The average molecular weight is 192 g/mol. The van der Waals surface area contributed by atoms with Crippen LogP contribution in [0.4, 0.5) is 0 Å². The summed E-state index contributed by atoms with van der Waals surface area (Å²) >= 11 is 0. The Labute approximate surface area is 74.6 Å². The quantitative estimate of drug-likeness (QED) is 0.350. The van der Waals surface area contributed by atoms with Crippen LogP contribution in [0.2, 0.25) is 0 Å². The molecule has 0 bridgehead atoms. The summed E-state index contributed by atoms with van der Waals surface area (Å²) in [4.78, 5) is 0. The van der Waals surface area contributed by atoms with Crippen LogP contribution in [0.25, 0.3) is 0 Å². The fraction of sp³-hybridized carbons (Fsp3) is 0.750. The molecular weight excluding hydrogens is 176 g/mol. The molecular formula is C8H16O3S. The lowest BCUT2D eigenvalue weighted by Crippen LogP contribution is -2.10. The second-order valence-electron chi connectivity index (χ2n) is 2.51. The molecule has 0 aromatic heterocycles. The van der Waals surface area contributed by atoms with Crippen LogP contribution in [0.5, 0.6) is 0 Å². The van der Waals surface area contributed by atoms with Gasteiger partial charge in [-0.3, -0.25) is 4.18 Å². The van der Waals surface area contributed by atoms with Gasteiger partial charge in [0, 0.05) is 0 Å². The van der Waals surface area contributed by atoms with Crippen LogP contribution < -0.4 is 0 Å². The predicted molar refractivity (Wildman–Crippen MR) is 49.5 cm³/mol. The summed E-state index contributed by atoms with van der Waals surface area (Å²) in [7, 11) is -3.26. The predicted octanol–water partition coefficient (Wildman–Crippen LogP) is 1.71. The highest BCUT2D eigenvalue weighted by Crippen LogP contribution is 2.00. The van der Waals surface area contributed by atoms with Gasteiger partial charge in [0.2, 0.25) is 0 Å². The van der Waals surface area contributed by atoms with Gasteiger partial charge in [0.05, 0.1) is 12.4 Å². The average Bonchev–Trinajstić information content (AvgIpc) is 2.01. The van der Waals surface area contributed by atoms with Crippen molar-refractivity contribution < 1.29 is 12.6 Å². The maximum absolute atomic E-state index is 11.0. The lowest BCUT2D eigenvalue weighted by atomic mass is 10.3. The smallest absolute Gasteiger partial charge is 0.267 e. The van der Waals surface area contributed by atoms with Crippen LogP contribution in [0.15, 0.2) is 12.7 Å². The lowest BCUT2D eigenvalue weighted by molar-refractivity contribution is 0.317. The largest absolute Gasteiger partial charge is 0.270 e. The maximum atomic E-state index is 11.0. The number of unbranched alkanes of at least 4 members (excludes halogenated alkanes) is 1. The summed E-state index contributed by atoms with van der Waals surface area (Å²) in [5.74, 6) is 0.0962. The highest BCUT2D eigenvalue weighted by atomic mass is 32.2. The third-order valence-electron chi connectivity index (χ3n) is 1.27. The van der Waals surface area contributed by atoms with Crippen LogP contribution in [-0.4, -0.2) is 20.8 Å². The Hall–Kier alpha value is -0.350. The standard InChI is InChI=1S/C8H16O3S/c1-3-5-6-8-12(9,10)11-7-4-2/h3H,1,4-8H2,2H3. The van der Waals surface area contributed by atoms with Crippen molar-refractivity contribution in [3.8, 4) is 0 Å². The molecule has 0 aromatic rings. The number of hydrogen-bond acceptors (Lipinski definition) is 3. The molecule has 0 radical (unpaired) electrons. The van der Waals surface area contributed by atoms with Crippen molar-refractivity contribution in [1.29, 1.82) is 0 Å². The van der Waals surface area contributed by atoms with Gasteiger partial charge >= 0.3 is 0 Å². The molecule has 72 valence electrons. The first-order chi connectivity index (χ1) is 5.62. The van der Waals surface area contributed by atoms with Gasteiger partial charge in [-0.2, -0.15) is 8.42 Å². The van der Waals surface area contributed by atoms with Gasteiger partial charge in [0.1, 0.15) is 0 Å². The van der Waals surface area contributed by atoms with Crippen molar-refractivity contribution in [3.05, 3.63) is 12.7 Å². The Balaban J connectivity index is 3.64. The molecule has 0 unspecified atom stereocenters. The highest BCUT2D eigenvalue weighted by Gasteiger charge is 2.08. The van der Waals surface area contributed by atoms with Gasteiger partial charge in [-0.05, 0) is 19.3 Å². The molecule has 0 atom stereocenters. The maximum Gasteiger partial charge on any atom is 0.267 e. The van der Waals surface area contributed by atoms with Crippen LogP contribution in [0, 0.1) is 0 Å². The minimum absolute atomic E-state index is 0.0962. The molecule has 12 heavy (non-hydrogen) atoms. The van der Waals surface area contributed by atoms with E-state index in [4.69, 9.17) is 0 Å². The number of rotatable bonds is 7. The van der Waals surface area contributed by atoms with E-state index in [1.54, 1.807) is 6.08 Å². The van der Waals surface area contributed by atoms with Crippen molar-refractivity contribution in [2.24, 2.45) is 0 Å². The van der Waals surface area contributed by atoms with Gasteiger partial charge in [-0.15, -0.1) is 6.58 Å². The van der Waals surface area contributed by atoms with E-state index < -0.39 is 10.1 Å². The van der Waals surface area contributed by atoms with Gasteiger partial charge in [0.25, 0.3) is 10.1 Å². The van der Waals surface area contributed by atoms with Crippen molar-refractivity contribution in [1.82, 2.24) is 0 Å². The van der Waals surface area contributed by atoms with Crippen molar-refractivity contribution in [3.63, 3.8) is 0 Å². The minimum Gasteiger partial charge on any atom is -0.270 e. The first-order valence-corrected chi connectivity index (χ1v) is 5.68. The van der Waals surface area contributed by atoms with E-state index in [0.717, 1.165) is 6.42 Å². The highest BCUT2D eigenvalue weighted by molar-refractivity contribution is 7.86. The van der Waals surface area contributed by atoms with Gasteiger partial charge < -0.3 is 0 Å². The fourth-order valence-corrected chi connectivity index (χ4v) is 1.73. The summed E-state index contributed by atoms with van der Waals surface area (Å²) in [5.41, 5.74) is 0. The van der Waals surface area contributed by atoms with Gasteiger partial charge in [-0.1, -0.05) is 13.0 Å². The van der Waals surface area contributed by atoms with Crippen molar-refractivity contribution in [2.75, 3.05) is 12.4 Å². The Morgan fingerprint density at radius 2 is 2.17 bits per heavy atom. The molecule has 0 aromatic carbocycles. The first kappa shape index (κ1) is 11.6. The van der Waals surface area contributed by atoms with E-state index in [2.05, 4.69) is 10.8 Å². The second-order valence-corrected chi connectivity index (χ2v) is 4.27. The van der Waals surface area contributed by atoms with Crippen LogP contribution in [0.3, 0.4) is 0 Å². The molecule has 0 aliphatic heterocycles. The van der Waals surface area contributed by atoms with Gasteiger partial charge in [0.15, 0.2) is 0 Å². The summed E-state index contributed by atoms with van der Waals surface area (Å²) < 4.78 is 26.7. The third-order valence-corrected chi connectivity index (χ3v) is 2.58. The summed E-state index contributed by atoms with van der Waals surface area (Å²) in [5, 5.41) is 0. The van der Waals surface area contributed by atoms with E-state index >= 15 is 0 Å². The molecule has 0 aliphatic rings. The molecule has 0 N–H and O–H groups in total. The molecule has 0 saturated heterocycles. The number of hydrogen-bond donors (Lipinski definition) is 0. The Morgan fingerprint density at radius 3 is 2.67 bits per heavy atom. The minimum atomic E-state index is -3.26. The molecule has 0 amide bonds. The van der Waals surface area contributed by atoms with E-state index in [-0.39, 0.29) is 12.4 Å². The number of allylic oxidation sites excluding steroid dienone is 1. The topological polar surface area (TPSA) is 43.4 Å². The molecule has 0 rings (SSSR count). The van der Waals surface area contributed by atoms with E-state index in [1.165, 1.54) is 0 Å². The van der Waals surface area contributed by atoms with E-state index in [9.17, 15) is 8.42 Å². The summed E-state index contributed by atoms with van der Waals surface area (Å²) in [6.07, 6.45) is 3.74. The monoisotopic (exact) mass is 192 g/mol. The van der Waals surface area contributed by atoms with Crippen molar-refractivity contribution in [2.45, 2.75) is 26.2 Å². The van der Waals surface area contributed by atoms with Gasteiger partial charge in [-0.25, -0.2) is 0 Å². The molecule has 0 heterocycles. The van der Waals surface area contributed by atoms with Crippen LogP contribution in [-0.2, 0) is 14.3 Å². The zero-order valence-corrected chi connectivity index (χ0v) is 8.27. The van der Waals surface area contributed by atoms with E-state index in [1.807, 2.05) is 6.92 Å². The Morgan fingerprint density at radius 1 is 1.50 bits per heavy atom. The van der Waals surface area contributed by atoms with E-state index in [0.29, 0.717) is 12.8 Å². The summed E-state index contributed by atoms with van der Waals surface area (Å²) in [6.45, 7) is 5.67. The lowest BCUT2D eigenvalue weighted by Gasteiger charge is -2.02. The van der Waals surface area contributed by atoms with Crippen LogP contribution in [0.1, 0.15) is 26.2 Å². The Kier molecular flexibility index (Phi) is 6.02. The molecule has 4 heteroatoms. The SMILES string of the molecule is C=CCCCS(=O)(=O)OCCC. The molecule has 3 nitrogen and oxygen atoms in total. The first-order valence-electron chi connectivity index (χ1n) is 4.10. The zero-order valence-electron chi connectivity index (χ0n) is 7.45. The van der Waals surface area contributed by atoms with Crippen LogP contribution >= 0.6 is 0 Å². The van der Waals surface area contributed by atoms with Crippen molar-refractivity contribution >= 4 is 10.1 Å². The fourth-order valence-electron chi connectivity index (χ4n) is 0.674. The molecule has 0 saturated carbocycles.